The molecule has 3 aliphatic heterocycles. The molecule has 1 aromatic rings. The van der Waals surface area contributed by atoms with E-state index in [1.54, 1.807) is 10.6 Å². The predicted molar refractivity (Wildman–Crippen MR) is 113 cm³/mol. The van der Waals surface area contributed by atoms with Crippen LogP contribution in [-0.4, -0.2) is 26.5 Å². The Hall–Kier alpha value is 0.660. The van der Waals surface area contributed by atoms with Crippen LogP contribution in [0.1, 0.15) is 53.4 Å². The molecule has 0 nitrogen and oxygen atoms in total. The summed E-state index contributed by atoms with van der Waals surface area (Å²) in [6.07, 6.45) is 5.26. The molecule has 0 aromatic heterocycles. The topological polar surface area (TPSA) is 0 Å². The molecule has 4 rings (SSSR count). The monoisotopic (exact) mass is 390 g/mol. The Kier molecular flexibility index (Phi) is 3.96. The van der Waals surface area contributed by atoms with Crippen LogP contribution in [0.3, 0.4) is 0 Å². The van der Waals surface area contributed by atoms with Crippen molar-refractivity contribution in [1.29, 1.82) is 0 Å². The fourth-order valence-corrected chi connectivity index (χ4v) is 32.0. The zero-order valence-electron chi connectivity index (χ0n) is 14.7. The van der Waals surface area contributed by atoms with E-state index in [4.69, 9.17) is 23.2 Å². The molecule has 2 fully saturated rings. The van der Waals surface area contributed by atoms with Gasteiger partial charge in [0.15, 0.2) is 0 Å². The Labute approximate surface area is 152 Å². The summed E-state index contributed by atoms with van der Waals surface area (Å²) in [7, 11) is -3.91. The van der Waals surface area contributed by atoms with Crippen LogP contribution in [0.4, 0.5) is 0 Å². The van der Waals surface area contributed by atoms with E-state index in [1.807, 2.05) is 0 Å². The number of fused-ring (bicyclic) bond motifs is 3. The summed E-state index contributed by atoms with van der Waals surface area (Å²) >= 11 is 15.3. The third-order valence-electron chi connectivity index (χ3n) is 8.03. The summed E-state index contributed by atoms with van der Waals surface area (Å²) in [6, 6.07) is 9.34. The molecule has 0 amide bonds. The maximum absolute atomic E-state index is 7.63. The first-order valence-electron chi connectivity index (χ1n) is 9.30. The Bertz CT molecular complexity index is 569. The number of benzene rings is 1. The summed E-state index contributed by atoms with van der Waals surface area (Å²) in [5.74, 6) is 0. The average molecular weight is 391 g/mol. The van der Waals surface area contributed by atoms with Gasteiger partial charge in [-0.2, -0.15) is 0 Å². The van der Waals surface area contributed by atoms with Crippen LogP contribution < -0.4 is 10.6 Å². The van der Waals surface area contributed by atoms with E-state index in [0.717, 1.165) is 0 Å². The zero-order chi connectivity index (χ0) is 16.6. The van der Waals surface area contributed by atoms with Crippen LogP contribution >= 0.6 is 37.7 Å². The Balaban J connectivity index is 2.10. The van der Waals surface area contributed by atoms with E-state index in [0.29, 0.717) is 22.6 Å². The average Bonchev–Trinajstić information content (AvgIpc) is 3.04. The van der Waals surface area contributed by atoms with Gasteiger partial charge in [-0.3, -0.25) is 0 Å². The number of hydrogen-bond donors (Lipinski definition) is 0. The third-order valence-corrected chi connectivity index (χ3v) is 26.6. The Morgan fingerprint density at radius 2 is 1.04 bits per heavy atom. The molecule has 3 aliphatic rings. The molecular weight excluding hydrogens is 361 g/mol. The minimum absolute atomic E-state index is 0.436. The van der Waals surface area contributed by atoms with Crippen LogP contribution in [0.5, 0.6) is 0 Å². The van der Waals surface area contributed by atoms with Gasteiger partial charge in [-0.1, -0.05) is 0 Å². The van der Waals surface area contributed by atoms with E-state index in [2.05, 4.69) is 52.0 Å². The van der Waals surface area contributed by atoms with Crippen molar-refractivity contribution in [3.05, 3.63) is 24.3 Å². The molecule has 1 unspecified atom stereocenters. The molecule has 0 aliphatic carbocycles. The molecule has 3 heterocycles. The van der Waals surface area contributed by atoms with Crippen molar-refractivity contribution in [2.24, 2.45) is 0 Å². The number of hydrogen-bond acceptors (Lipinski definition) is 0. The molecule has 4 heteroatoms. The Morgan fingerprint density at radius 3 is 1.35 bits per heavy atom. The number of halogens is 2. The predicted octanol–water partition coefficient (Wildman–Crippen LogP) is 5.68. The van der Waals surface area contributed by atoms with E-state index < -0.39 is 18.3 Å². The van der Waals surface area contributed by atoms with Crippen molar-refractivity contribution in [3.8, 4) is 0 Å². The second-order valence-corrected chi connectivity index (χ2v) is 21.7. The summed E-state index contributed by atoms with van der Waals surface area (Å²) < 4.78 is -0.436. The molecule has 2 saturated heterocycles. The van der Waals surface area contributed by atoms with Gasteiger partial charge in [-0.25, -0.2) is 0 Å². The molecule has 0 saturated carbocycles. The van der Waals surface area contributed by atoms with Gasteiger partial charge in [0.25, 0.3) is 0 Å². The van der Waals surface area contributed by atoms with Gasteiger partial charge in [0.2, 0.25) is 0 Å². The van der Waals surface area contributed by atoms with Crippen molar-refractivity contribution in [3.63, 3.8) is 0 Å². The molecule has 2 spiro atoms. The van der Waals surface area contributed by atoms with Crippen LogP contribution in [0, 0.1) is 0 Å². The SMILES string of the molecule is CC1CC[C@H](C)[PH]12c1ccccc1[PH]1([C@@H](C)CC[C@@H]1C)C2(Cl)Cl. The molecule has 0 N–H and O–H groups in total. The van der Waals surface area contributed by atoms with Crippen molar-refractivity contribution in [2.45, 2.75) is 79.8 Å². The first-order valence-corrected chi connectivity index (χ1v) is 14.4. The second kappa shape index (κ2) is 5.33. The summed E-state index contributed by atoms with van der Waals surface area (Å²) in [5.41, 5.74) is 2.84. The molecule has 0 bridgehead atoms. The molecule has 1 aromatic carbocycles. The molecule has 23 heavy (non-hydrogen) atoms. The third kappa shape index (κ3) is 1.69. The standard InChI is InChI=1S/C19H30Cl2P2/c1-13-9-10-14(2)22(13)17-7-5-6-8-18(17)23(19(22,20)21)15(3)11-12-16(23)4/h5-8,13-16,22-23H,9-12H2,1-4H3/t13-,14-,15-,16?/m0/s1. The van der Waals surface area contributed by atoms with E-state index in [-0.39, 0.29) is 0 Å². The van der Waals surface area contributed by atoms with Crippen molar-refractivity contribution >= 4 is 48.3 Å². The van der Waals surface area contributed by atoms with Gasteiger partial charge >= 0.3 is 152 Å². The normalized spacial score (nSPS) is 42.0. The van der Waals surface area contributed by atoms with Gasteiger partial charge in [-0.15, -0.1) is 0 Å². The summed E-state index contributed by atoms with van der Waals surface area (Å²) in [4.78, 5) is 0. The van der Waals surface area contributed by atoms with Crippen molar-refractivity contribution in [1.82, 2.24) is 0 Å². The van der Waals surface area contributed by atoms with Crippen LogP contribution in [0.15, 0.2) is 24.3 Å². The van der Waals surface area contributed by atoms with Gasteiger partial charge in [0.05, 0.1) is 0 Å². The number of alkyl halides is 2. The quantitative estimate of drug-likeness (QED) is 0.394. The van der Waals surface area contributed by atoms with Crippen LogP contribution in [0.25, 0.3) is 0 Å². The molecular formula is C19H30Cl2P2. The summed E-state index contributed by atoms with van der Waals surface area (Å²) in [6.45, 7) is 9.85. The fraction of sp³-hybridized carbons (Fsp3) is 0.684. The van der Waals surface area contributed by atoms with E-state index in [1.165, 1.54) is 25.7 Å². The van der Waals surface area contributed by atoms with Gasteiger partial charge in [0, 0.05) is 0 Å². The molecule has 4 atom stereocenters. The fourth-order valence-electron chi connectivity index (χ4n) is 7.07. The number of rotatable bonds is 0. The van der Waals surface area contributed by atoms with Gasteiger partial charge in [-0.05, 0) is 0 Å². The van der Waals surface area contributed by atoms with Crippen LogP contribution in [0.2, 0.25) is 0 Å². The second-order valence-electron chi connectivity index (χ2n) is 8.62. The summed E-state index contributed by atoms with van der Waals surface area (Å²) in [5, 5.41) is 3.32. The Morgan fingerprint density at radius 1 is 0.739 bits per heavy atom. The van der Waals surface area contributed by atoms with Crippen molar-refractivity contribution < 1.29 is 0 Å². The van der Waals surface area contributed by atoms with Crippen LogP contribution in [-0.2, 0) is 0 Å². The van der Waals surface area contributed by atoms with Gasteiger partial charge < -0.3 is 0 Å². The van der Waals surface area contributed by atoms with Crippen molar-refractivity contribution in [2.75, 3.05) is 0 Å². The molecule has 0 radical (unpaired) electrons. The molecule has 130 valence electrons. The maximum atomic E-state index is 7.63. The van der Waals surface area contributed by atoms with E-state index >= 15 is 0 Å². The first kappa shape index (κ1) is 17.1. The van der Waals surface area contributed by atoms with Gasteiger partial charge in [0.1, 0.15) is 0 Å². The minimum atomic E-state index is -1.95. The first-order chi connectivity index (χ1) is 10.8. The van der Waals surface area contributed by atoms with E-state index in [9.17, 15) is 0 Å². The zero-order valence-corrected chi connectivity index (χ0v) is 18.2.